The number of rotatable bonds is 2. The number of esters is 2. The Morgan fingerprint density at radius 1 is 0.889 bits per heavy atom. The van der Waals surface area contributed by atoms with Crippen LogP contribution in [-0.2, 0) is 28.5 Å². The van der Waals surface area contributed by atoms with E-state index in [2.05, 4.69) is 20.8 Å². The molecule has 2 fully saturated rings. The molecule has 0 atom stereocenters. The lowest BCUT2D eigenvalue weighted by molar-refractivity contribution is -0.153. The van der Waals surface area contributed by atoms with Crippen LogP contribution in [-0.4, -0.2) is 52.6 Å². The van der Waals surface area contributed by atoms with Gasteiger partial charge in [0, 0.05) is 42.6 Å². The largest absolute Gasteiger partial charge is 0.469 e. The molecule has 2 aliphatic heterocycles. The Morgan fingerprint density at radius 3 is 1.81 bits per heavy atom. The van der Waals surface area contributed by atoms with Crippen molar-refractivity contribution in [3.05, 3.63) is 0 Å². The van der Waals surface area contributed by atoms with E-state index in [1.165, 1.54) is 14.2 Å². The molecule has 0 amide bonds. The van der Waals surface area contributed by atoms with E-state index in [0.717, 1.165) is 12.8 Å². The van der Waals surface area contributed by atoms with Gasteiger partial charge in [0.15, 0.2) is 0 Å². The summed E-state index contributed by atoms with van der Waals surface area (Å²) in [5.41, 5.74) is -0.741. The molecule has 0 unspecified atom stereocenters. The van der Waals surface area contributed by atoms with Crippen molar-refractivity contribution in [3.8, 4) is 22.1 Å². The molecule has 0 aromatic carbocycles. The average molecular weight is 442 g/mol. The normalized spacial score (nSPS) is 17.7. The van der Waals surface area contributed by atoms with E-state index in [4.69, 9.17) is 44.3 Å². The van der Waals surface area contributed by atoms with Crippen LogP contribution in [0.4, 0.5) is 0 Å². The lowest BCUT2D eigenvalue weighted by Gasteiger charge is -2.29. The van der Waals surface area contributed by atoms with Gasteiger partial charge in [-0.2, -0.15) is 0 Å². The molecule has 6 nitrogen and oxygen atoms in total. The molecule has 9 heteroatoms. The van der Waals surface area contributed by atoms with Gasteiger partial charge >= 0.3 is 11.9 Å². The first-order chi connectivity index (χ1) is 13.0. The molecule has 27 heavy (non-hydrogen) atoms. The molecule has 2 rings (SSSR count). The van der Waals surface area contributed by atoms with Crippen LogP contribution in [0.25, 0.3) is 0 Å². The summed E-state index contributed by atoms with van der Waals surface area (Å²) in [6.45, 7) is 2.45. The van der Waals surface area contributed by atoms with E-state index in [0.29, 0.717) is 39.3 Å². The van der Waals surface area contributed by atoms with Gasteiger partial charge in [0.2, 0.25) is 0 Å². The summed E-state index contributed by atoms with van der Waals surface area (Å²) in [5.74, 6) is 2.38. The van der Waals surface area contributed by atoms with Crippen LogP contribution in [0.5, 0.6) is 0 Å². The van der Waals surface area contributed by atoms with Crippen LogP contribution in [0.1, 0.15) is 25.7 Å². The minimum atomic E-state index is -0.741. The van der Waals surface area contributed by atoms with E-state index in [9.17, 15) is 9.59 Å². The molecule has 2 saturated heterocycles. The predicted octanol–water partition coefficient (Wildman–Crippen LogP) is 3.12. The Hall–Kier alpha value is -1.15. The Kier molecular flexibility index (Phi) is 15.2. The number of hydrogen-bond donors (Lipinski definition) is 0. The van der Waals surface area contributed by atoms with Gasteiger partial charge in [-0.15, -0.1) is 0 Å². The van der Waals surface area contributed by atoms with Crippen LogP contribution in [0.2, 0.25) is 0 Å². The second-order valence-corrected chi connectivity index (χ2v) is 6.07. The Labute approximate surface area is 175 Å². The van der Waals surface area contributed by atoms with Gasteiger partial charge in [0.05, 0.1) is 20.1 Å². The fraction of sp³-hybridized carbons (Fsp3) is 0.667. The van der Waals surface area contributed by atoms with Crippen LogP contribution in [0.15, 0.2) is 0 Å². The molecular weight excluding hydrogens is 419 g/mol. The molecule has 0 spiro atoms. The van der Waals surface area contributed by atoms with Crippen LogP contribution in [0, 0.1) is 33.4 Å². The summed E-state index contributed by atoms with van der Waals surface area (Å²) in [5, 5.41) is 6.10. The molecule has 2 heterocycles. The molecule has 0 radical (unpaired) electrons. The van der Waals surface area contributed by atoms with Crippen LogP contribution < -0.4 is 0 Å². The third-order valence-electron chi connectivity index (χ3n) is 4.00. The Balaban J connectivity index is 0.000000428. The highest BCUT2D eigenvalue weighted by atomic mass is 35.5. The summed E-state index contributed by atoms with van der Waals surface area (Å²) in [7, 11) is 2.78. The maximum absolute atomic E-state index is 11.4. The van der Waals surface area contributed by atoms with Gasteiger partial charge in [-0.1, -0.05) is 5.92 Å². The monoisotopic (exact) mass is 440 g/mol. The lowest BCUT2D eigenvalue weighted by atomic mass is 9.81. The average Bonchev–Trinajstić information content (AvgIpc) is 2.74. The second-order valence-electron chi connectivity index (χ2n) is 5.50. The van der Waals surface area contributed by atoms with Crippen LogP contribution >= 0.6 is 34.8 Å². The first-order valence-corrected chi connectivity index (χ1v) is 9.30. The third kappa shape index (κ3) is 10.1. The van der Waals surface area contributed by atoms with E-state index < -0.39 is 5.41 Å². The number of halogens is 3. The van der Waals surface area contributed by atoms with Crippen molar-refractivity contribution < 1.29 is 28.5 Å². The van der Waals surface area contributed by atoms with E-state index >= 15 is 0 Å². The quantitative estimate of drug-likeness (QED) is 0.484. The van der Waals surface area contributed by atoms with Crippen molar-refractivity contribution in [3.63, 3.8) is 0 Å². The van der Waals surface area contributed by atoms with Gasteiger partial charge in [-0.3, -0.25) is 9.59 Å². The molecule has 2 aliphatic rings. The molecule has 0 N–H and O–H groups in total. The first kappa shape index (κ1) is 25.9. The number of hydrogen-bond acceptors (Lipinski definition) is 6. The zero-order valence-corrected chi connectivity index (χ0v) is 17.6. The lowest BCUT2D eigenvalue weighted by Crippen LogP contribution is -2.36. The number of carbonyl (C=O) groups excluding carboxylic acids is 2. The Morgan fingerprint density at radius 2 is 1.41 bits per heavy atom. The molecule has 0 saturated carbocycles. The third-order valence-corrected chi connectivity index (χ3v) is 4.38. The number of carbonyl (C=O) groups is 2. The van der Waals surface area contributed by atoms with Crippen molar-refractivity contribution in [2.75, 3.05) is 40.6 Å². The zero-order valence-electron chi connectivity index (χ0n) is 15.3. The van der Waals surface area contributed by atoms with Crippen LogP contribution in [0.3, 0.4) is 0 Å². The van der Waals surface area contributed by atoms with Gasteiger partial charge < -0.3 is 18.9 Å². The van der Waals surface area contributed by atoms with Gasteiger partial charge in [0.1, 0.15) is 5.41 Å². The highest BCUT2D eigenvalue weighted by Crippen LogP contribution is 2.31. The van der Waals surface area contributed by atoms with Crippen molar-refractivity contribution >= 4 is 46.7 Å². The summed E-state index contributed by atoms with van der Waals surface area (Å²) in [4.78, 5) is 22.3. The second kappa shape index (κ2) is 15.9. The maximum atomic E-state index is 11.4. The summed E-state index contributed by atoms with van der Waals surface area (Å²) in [6, 6.07) is 0. The zero-order chi connectivity index (χ0) is 20.5. The minimum absolute atomic E-state index is 0.0822. The summed E-state index contributed by atoms with van der Waals surface area (Å²) < 4.78 is 19.5. The smallest absolute Gasteiger partial charge is 0.324 e. The standard InChI is InChI=1S/C9H11ClO3.C7H12O3.C2Cl2/c1-12-8(11)9(2-5-10)3-6-13-7-4-9;1-9-7(8)6-2-4-10-5-3-6;3-1-2-4/h3-4,6-7H2,1H3;6H,2-5H2,1H3;. The first-order valence-electron chi connectivity index (χ1n) is 8.17. The van der Waals surface area contributed by atoms with Crippen molar-refractivity contribution in [2.24, 2.45) is 11.3 Å². The van der Waals surface area contributed by atoms with Gasteiger partial charge in [-0.25, -0.2) is 0 Å². The fourth-order valence-corrected chi connectivity index (χ4v) is 2.67. The van der Waals surface area contributed by atoms with Crippen molar-refractivity contribution in [2.45, 2.75) is 25.7 Å². The highest BCUT2D eigenvalue weighted by Gasteiger charge is 2.39. The fourth-order valence-electron chi connectivity index (χ4n) is 2.49. The number of ether oxygens (including phenoxy) is 4. The summed E-state index contributed by atoms with van der Waals surface area (Å²) in [6.07, 6.45) is 2.73. The van der Waals surface area contributed by atoms with Gasteiger partial charge in [0.25, 0.3) is 0 Å². The van der Waals surface area contributed by atoms with Gasteiger partial charge in [-0.05, 0) is 60.5 Å². The molecule has 0 bridgehead atoms. The Bertz CT molecular complexity index is 555. The minimum Gasteiger partial charge on any atom is -0.469 e. The molecular formula is C18H23Cl3O6. The maximum Gasteiger partial charge on any atom is 0.324 e. The molecule has 152 valence electrons. The number of methoxy groups -OCH3 is 2. The molecule has 0 aromatic rings. The predicted molar refractivity (Wildman–Crippen MR) is 103 cm³/mol. The molecule has 0 aromatic heterocycles. The van der Waals surface area contributed by atoms with Crippen molar-refractivity contribution in [1.29, 1.82) is 0 Å². The highest BCUT2D eigenvalue weighted by molar-refractivity contribution is 6.38. The van der Waals surface area contributed by atoms with E-state index in [-0.39, 0.29) is 17.9 Å². The topological polar surface area (TPSA) is 71.1 Å². The SMILES string of the molecule is COC(=O)C1(C#CCl)CCOCC1.COC(=O)C1CCOCC1.ClC#CCl. The van der Waals surface area contributed by atoms with E-state index in [1.54, 1.807) is 0 Å². The van der Waals surface area contributed by atoms with E-state index in [1.807, 2.05) is 10.8 Å². The van der Waals surface area contributed by atoms with Crippen molar-refractivity contribution in [1.82, 2.24) is 0 Å². The summed E-state index contributed by atoms with van der Waals surface area (Å²) >= 11 is 14.7. The molecule has 0 aliphatic carbocycles.